The van der Waals surface area contributed by atoms with Gasteiger partial charge in [-0.1, -0.05) is 29.3 Å². The summed E-state index contributed by atoms with van der Waals surface area (Å²) in [6, 6.07) is 5.27. The number of hydrogen-bond acceptors (Lipinski definition) is 2. The van der Waals surface area contributed by atoms with Crippen molar-refractivity contribution in [3.8, 4) is 0 Å². The average molecular weight is 297 g/mol. The van der Waals surface area contributed by atoms with E-state index in [2.05, 4.69) is 4.98 Å². The van der Waals surface area contributed by atoms with Gasteiger partial charge in [-0.05, 0) is 30.9 Å². The number of rotatable bonds is 4. The van der Waals surface area contributed by atoms with Gasteiger partial charge in [0.1, 0.15) is 5.60 Å². The van der Waals surface area contributed by atoms with Crippen molar-refractivity contribution in [1.29, 1.82) is 0 Å². The highest BCUT2D eigenvalue weighted by Crippen LogP contribution is 2.48. The van der Waals surface area contributed by atoms with E-state index in [9.17, 15) is 5.11 Å². The zero-order valence-corrected chi connectivity index (χ0v) is 11.8. The van der Waals surface area contributed by atoms with Gasteiger partial charge in [-0.15, -0.1) is 0 Å². The Morgan fingerprint density at radius 2 is 2.16 bits per heavy atom. The highest BCUT2D eigenvalue weighted by atomic mass is 35.5. The van der Waals surface area contributed by atoms with Crippen molar-refractivity contribution < 1.29 is 5.11 Å². The Balaban J connectivity index is 1.99. The summed E-state index contributed by atoms with van der Waals surface area (Å²) < 4.78 is 1.88. The summed E-state index contributed by atoms with van der Waals surface area (Å²) in [6.45, 7) is 0.457. The van der Waals surface area contributed by atoms with Crippen LogP contribution < -0.4 is 0 Å². The summed E-state index contributed by atoms with van der Waals surface area (Å²) in [6.07, 6.45) is 7.29. The van der Waals surface area contributed by atoms with Gasteiger partial charge < -0.3 is 9.67 Å². The maximum Gasteiger partial charge on any atom is 0.112 e. The fourth-order valence-electron chi connectivity index (χ4n) is 2.49. The fourth-order valence-corrected chi connectivity index (χ4v) is 3.07. The number of halogens is 2. The van der Waals surface area contributed by atoms with Gasteiger partial charge in [0.15, 0.2) is 0 Å². The second-order valence-electron chi connectivity index (χ2n) is 5.06. The van der Waals surface area contributed by atoms with E-state index in [1.807, 2.05) is 16.8 Å². The molecular formula is C14H14Cl2N2O. The molecule has 1 saturated carbocycles. The van der Waals surface area contributed by atoms with E-state index in [4.69, 9.17) is 23.2 Å². The lowest BCUT2D eigenvalue weighted by atomic mass is 9.88. The van der Waals surface area contributed by atoms with Crippen molar-refractivity contribution in [1.82, 2.24) is 9.55 Å². The predicted molar refractivity (Wildman–Crippen MR) is 75.3 cm³/mol. The van der Waals surface area contributed by atoms with E-state index in [0.717, 1.165) is 18.4 Å². The van der Waals surface area contributed by atoms with Crippen LogP contribution in [0.3, 0.4) is 0 Å². The van der Waals surface area contributed by atoms with Crippen molar-refractivity contribution in [3.05, 3.63) is 52.5 Å². The Kier molecular flexibility index (Phi) is 3.29. The van der Waals surface area contributed by atoms with Gasteiger partial charge in [-0.25, -0.2) is 4.98 Å². The average Bonchev–Trinajstić information content (AvgIpc) is 3.10. The minimum atomic E-state index is -0.956. The van der Waals surface area contributed by atoms with Crippen LogP contribution in [0, 0.1) is 5.92 Å². The molecule has 0 radical (unpaired) electrons. The third kappa shape index (κ3) is 2.50. The molecule has 0 spiro atoms. The number of aromatic nitrogens is 2. The lowest BCUT2D eigenvalue weighted by Crippen LogP contribution is -2.34. The molecule has 100 valence electrons. The first-order chi connectivity index (χ1) is 9.09. The maximum atomic E-state index is 11.1. The van der Waals surface area contributed by atoms with Gasteiger partial charge in [-0.2, -0.15) is 0 Å². The SMILES string of the molecule is OC(Cn1ccnc1)(c1ccc(Cl)cc1Cl)C1CC1. The van der Waals surface area contributed by atoms with Crippen LogP contribution in [-0.4, -0.2) is 14.7 Å². The largest absolute Gasteiger partial charge is 0.383 e. The molecule has 0 bridgehead atoms. The first-order valence-corrected chi connectivity index (χ1v) is 6.99. The highest BCUT2D eigenvalue weighted by Gasteiger charge is 2.46. The molecule has 1 atom stereocenters. The number of nitrogens with zero attached hydrogens (tertiary/aromatic N) is 2. The number of hydrogen-bond donors (Lipinski definition) is 1. The Bertz CT molecular complexity index is 581. The molecule has 3 rings (SSSR count). The Labute approximate surface area is 121 Å². The van der Waals surface area contributed by atoms with Crippen LogP contribution >= 0.6 is 23.2 Å². The van der Waals surface area contributed by atoms with E-state index in [-0.39, 0.29) is 5.92 Å². The summed E-state index contributed by atoms with van der Waals surface area (Å²) in [5.41, 5.74) is -0.211. The van der Waals surface area contributed by atoms with Gasteiger partial charge in [0.25, 0.3) is 0 Å². The predicted octanol–water partition coefficient (Wildman–Crippen LogP) is 3.49. The lowest BCUT2D eigenvalue weighted by molar-refractivity contribution is -0.00445. The van der Waals surface area contributed by atoms with Crippen molar-refractivity contribution in [2.45, 2.75) is 25.0 Å². The molecule has 0 aliphatic heterocycles. The first kappa shape index (κ1) is 13.0. The zero-order chi connectivity index (χ0) is 13.5. The van der Waals surface area contributed by atoms with Crippen LogP contribution in [0.2, 0.25) is 10.0 Å². The van der Waals surface area contributed by atoms with Crippen LogP contribution in [0.15, 0.2) is 36.9 Å². The second-order valence-corrected chi connectivity index (χ2v) is 5.90. The minimum absolute atomic E-state index is 0.244. The molecule has 1 fully saturated rings. The van der Waals surface area contributed by atoms with E-state index >= 15 is 0 Å². The highest BCUT2D eigenvalue weighted by molar-refractivity contribution is 6.35. The third-order valence-corrected chi connectivity index (χ3v) is 4.18. The van der Waals surface area contributed by atoms with Gasteiger partial charge in [0.2, 0.25) is 0 Å². The molecule has 0 amide bonds. The number of imidazole rings is 1. The Hall–Kier alpha value is -1.03. The topological polar surface area (TPSA) is 38.0 Å². The number of benzene rings is 1. The zero-order valence-electron chi connectivity index (χ0n) is 10.3. The summed E-state index contributed by atoms with van der Waals surface area (Å²) in [5.74, 6) is 0.244. The quantitative estimate of drug-likeness (QED) is 0.938. The monoisotopic (exact) mass is 296 g/mol. The summed E-state index contributed by atoms with van der Waals surface area (Å²) in [4.78, 5) is 4.01. The molecule has 5 heteroatoms. The molecule has 1 unspecified atom stereocenters. The van der Waals surface area contributed by atoms with Crippen LogP contribution in [0.25, 0.3) is 0 Å². The molecule has 1 heterocycles. The van der Waals surface area contributed by atoms with Crippen LogP contribution in [0.1, 0.15) is 18.4 Å². The molecule has 1 aromatic heterocycles. The summed E-state index contributed by atoms with van der Waals surface area (Å²) in [7, 11) is 0. The van der Waals surface area contributed by atoms with Gasteiger partial charge >= 0.3 is 0 Å². The third-order valence-electron chi connectivity index (χ3n) is 3.63. The fraction of sp³-hybridized carbons (Fsp3) is 0.357. The standard InChI is InChI=1S/C14H14Cl2N2O/c15-11-3-4-12(13(16)7-11)14(19,10-1-2-10)8-18-6-5-17-9-18/h3-7,9-10,19H,1-2,8H2. The van der Waals surface area contributed by atoms with E-state index in [0.29, 0.717) is 16.6 Å². The van der Waals surface area contributed by atoms with Crippen molar-refractivity contribution in [3.63, 3.8) is 0 Å². The van der Waals surface area contributed by atoms with Crippen molar-refractivity contribution in [2.75, 3.05) is 0 Å². The molecule has 2 aromatic rings. The second kappa shape index (κ2) is 4.82. The first-order valence-electron chi connectivity index (χ1n) is 6.23. The minimum Gasteiger partial charge on any atom is -0.383 e. The molecule has 0 saturated heterocycles. The van der Waals surface area contributed by atoms with E-state index in [1.54, 1.807) is 24.7 Å². The molecule has 1 N–H and O–H groups in total. The van der Waals surface area contributed by atoms with Crippen molar-refractivity contribution in [2.24, 2.45) is 5.92 Å². The van der Waals surface area contributed by atoms with E-state index < -0.39 is 5.60 Å². The molecule has 1 aromatic carbocycles. The Morgan fingerprint density at radius 3 is 2.74 bits per heavy atom. The summed E-state index contributed by atoms with van der Waals surface area (Å²) in [5, 5.41) is 12.2. The Morgan fingerprint density at radius 1 is 1.37 bits per heavy atom. The van der Waals surface area contributed by atoms with E-state index in [1.165, 1.54) is 0 Å². The smallest absolute Gasteiger partial charge is 0.112 e. The normalized spacial score (nSPS) is 18.3. The molecule has 19 heavy (non-hydrogen) atoms. The molecule has 1 aliphatic carbocycles. The van der Waals surface area contributed by atoms with Gasteiger partial charge in [0.05, 0.1) is 12.9 Å². The molecule has 3 nitrogen and oxygen atoms in total. The van der Waals surface area contributed by atoms with Gasteiger partial charge in [-0.3, -0.25) is 0 Å². The summed E-state index contributed by atoms with van der Waals surface area (Å²) >= 11 is 12.2. The van der Waals surface area contributed by atoms with Crippen LogP contribution in [0.5, 0.6) is 0 Å². The maximum absolute atomic E-state index is 11.1. The molecule has 1 aliphatic rings. The van der Waals surface area contributed by atoms with Crippen LogP contribution in [-0.2, 0) is 12.1 Å². The lowest BCUT2D eigenvalue weighted by Gasteiger charge is -2.30. The van der Waals surface area contributed by atoms with Crippen LogP contribution in [0.4, 0.5) is 0 Å². The number of aliphatic hydroxyl groups is 1. The molecular weight excluding hydrogens is 283 g/mol. The van der Waals surface area contributed by atoms with Gasteiger partial charge in [0, 0.05) is 28.0 Å². The van der Waals surface area contributed by atoms with Crippen molar-refractivity contribution >= 4 is 23.2 Å².